The molecule has 1 amide bonds. The Kier molecular flexibility index (Phi) is 6.63. The summed E-state index contributed by atoms with van der Waals surface area (Å²) in [5, 5.41) is 11.4. The van der Waals surface area contributed by atoms with Crippen LogP contribution in [-0.4, -0.2) is 88.8 Å². The van der Waals surface area contributed by atoms with Crippen molar-refractivity contribution < 1.29 is 19.4 Å². The number of aryl methyl sites for hydroxylation is 1. The third-order valence-electron chi connectivity index (χ3n) is 8.83. The highest BCUT2D eigenvalue weighted by molar-refractivity contribution is 5.97. The van der Waals surface area contributed by atoms with Crippen molar-refractivity contribution in [2.24, 2.45) is 14.1 Å². The average molecular weight is 566 g/mol. The van der Waals surface area contributed by atoms with Gasteiger partial charge in [0.1, 0.15) is 5.60 Å². The van der Waals surface area contributed by atoms with Crippen molar-refractivity contribution in [1.29, 1.82) is 0 Å². The topological polar surface area (TPSA) is 139 Å². The summed E-state index contributed by atoms with van der Waals surface area (Å²) in [5.74, 6) is -0.0578. The average Bonchev–Trinajstić information content (AvgIpc) is 3.59. The summed E-state index contributed by atoms with van der Waals surface area (Å²) in [6.45, 7) is 4.01. The van der Waals surface area contributed by atoms with Gasteiger partial charge < -0.3 is 28.6 Å². The SMILES string of the molecule is COCCn1cnc2cc(C(=O)N3CCC4(CC3)C[C@H](n3cnc5c3c(=O)n(C)c(=O)n5C)[C@@](C)(O)CO4)ccc21. The van der Waals surface area contributed by atoms with Crippen LogP contribution in [0.25, 0.3) is 22.2 Å². The fourth-order valence-electron chi connectivity index (χ4n) is 6.24. The molecule has 0 unspecified atom stereocenters. The lowest BCUT2D eigenvalue weighted by Crippen LogP contribution is -2.57. The maximum atomic E-state index is 13.4. The number of carbonyl (C=O) groups excluding carboxylic acids is 1. The predicted octanol–water partition coefficient (Wildman–Crippen LogP) is 0.817. The van der Waals surface area contributed by atoms with E-state index in [1.54, 1.807) is 32.0 Å². The number of piperidine rings is 1. The summed E-state index contributed by atoms with van der Waals surface area (Å²) in [4.78, 5) is 49.6. The summed E-state index contributed by atoms with van der Waals surface area (Å²) < 4.78 is 17.6. The van der Waals surface area contributed by atoms with Crippen molar-refractivity contribution in [3.05, 3.63) is 57.3 Å². The number of aliphatic hydroxyl groups is 1. The highest BCUT2D eigenvalue weighted by atomic mass is 16.5. The summed E-state index contributed by atoms with van der Waals surface area (Å²) in [7, 11) is 4.66. The van der Waals surface area contributed by atoms with Gasteiger partial charge in [0.25, 0.3) is 11.5 Å². The number of methoxy groups -OCH3 is 1. The van der Waals surface area contributed by atoms with E-state index in [0.29, 0.717) is 51.1 Å². The number of benzene rings is 1. The standard InChI is InChI=1S/C28H35N7O6/c1-27(39)15-41-28(14-21(27)35-17-30-23-22(35)25(37)32(3)26(38)31(23)2)7-9-33(10-8-28)24(36)18-5-6-20-19(13-18)29-16-34(20)11-12-40-4/h5-6,13,16-17,21,39H,7-12,14-15H2,1-4H3/t21-,27-/m0/s1. The van der Waals surface area contributed by atoms with E-state index in [2.05, 4.69) is 9.97 Å². The summed E-state index contributed by atoms with van der Waals surface area (Å²) in [6, 6.07) is 5.07. The number of fused-ring (bicyclic) bond motifs is 2. The monoisotopic (exact) mass is 565 g/mol. The molecule has 2 atom stereocenters. The molecule has 0 aliphatic carbocycles. The Hall–Kier alpha value is -3.81. The van der Waals surface area contributed by atoms with Crippen LogP contribution in [0.4, 0.5) is 0 Å². The van der Waals surface area contributed by atoms with Gasteiger partial charge in [-0.25, -0.2) is 14.8 Å². The van der Waals surface area contributed by atoms with Gasteiger partial charge in [-0.1, -0.05) is 0 Å². The van der Waals surface area contributed by atoms with Gasteiger partial charge in [-0.15, -0.1) is 0 Å². The van der Waals surface area contributed by atoms with E-state index in [1.165, 1.54) is 17.9 Å². The molecule has 0 radical (unpaired) electrons. The summed E-state index contributed by atoms with van der Waals surface area (Å²) >= 11 is 0. The van der Waals surface area contributed by atoms with E-state index in [9.17, 15) is 19.5 Å². The maximum absolute atomic E-state index is 13.4. The molecule has 4 aromatic rings. The van der Waals surface area contributed by atoms with Crippen LogP contribution in [0, 0.1) is 0 Å². The van der Waals surface area contributed by atoms with Crippen molar-refractivity contribution in [1.82, 2.24) is 33.1 Å². The summed E-state index contributed by atoms with van der Waals surface area (Å²) in [5.41, 5.74) is 0.0758. The van der Waals surface area contributed by atoms with Gasteiger partial charge >= 0.3 is 5.69 Å². The van der Waals surface area contributed by atoms with Crippen LogP contribution in [-0.2, 0) is 30.1 Å². The first-order chi connectivity index (χ1) is 19.5. The van der Waals surface area contributed by atoms with Crippen LogP contribution in [0.5, 0.6) is 0 Å². The largest absolute Gasteiger partial charge is 0.386 e. The van der Waals surface area contributed by atoms with E-state index >= 15 is 0 Å². The molecule has 2 aliphatic rings. The van der Waals surface area contributed by atoms with Crippen LogP contribution in [0.1, 0.15) is 42.6 Å². The first kappa shape index (κ1) is 27.4. The van der Waals surface area contributed by atoms with Crippen LogP contribution in [0.2, 0.25) is 0 Å². The third-order valence-corrected chi connectivity index (χ3v) is 8.83. The van der Waals surface area contributed by atoms with Gasteiger partial charge in [0.05, 0.1) is 48.5 Å². The molecule has 2 fully saturated rings. The number of imidazole rings is 2. The van der Waals surface area contributed by atoms with Crippen molar-refractivity contribution in [2.75, 3.05) is 33.4 Å². The summed E-state index contributed by atoms with van der Waals surface area (Å²) in [6.07, 6.45) is 4.89. The molecule has 3 aromatic heterocycles. The number of hydrogen-bond donors (Lipinski definition) is 1. The Morgan fingerprint density at radius 2 is 1.90 bits per heavy atom. The molecule has 0 saturated carbocycles. The first-order valence-corrected chi connectivity index (χ1v) is 13.8. The minimum atomic E-state index is -1.27. The molecule has 1 spiro atoms. The molecule has 1 N–H and O–H groups in total. The number of carbonyl (C=O) groups is 1. The Morgan fingerprint density at radius 3 is 2.63 bits per heavy atom. The van der Waals surface area contributed by atoms with Crippen molar-refractivity contribution in [3.63, 3.8) is 0 Å². The number of ether oxygens (including phenoxy) is 2. The van der Waals surface area contributed by atoms with E-state index < -0.39 is 28.5 Å². The molecule has 1 aromatic carbocycles. The zero-order chi connectivity index (χ0) is 29.1. The Bertz CT molecular complexity index is 1760. The molecule has 41 heavy (non-hydrogen) atoms. The van der Waals surface area contributed by atoms with Crippen molar-refractivity contribution >= 4 is 28.1 Å². The predicted molar refractivity (Wildman–Crippen MR) is 150 cm³/mol. The number of likely N-dealkylation sites (tertiary alicyclic amines) is 1. The highest BCUT2D eigenvalue weighted by Crippen LogP contribution is 2.44. The molecular weight excluding hydrogens is 530 g/mol. The highest BCUT2D eigenvalue weighted by Gasteiger charge is 2.50. The quantitative estimate of drug-likeness (QED) is 0.375. The number of amides is 1. The number of hydrogen-bond acceptors (Lipinski definition) is 8. The first-order valence-electron chi connectivity index (χ1n) is 13.8. The second kappa shape index (κ2) is 9.93. The van der Waals surface area contributed by atoms with Gasteiger partial charge in [-0.3, -0.25) is 18.7 Å². The number of rotatable bonds is 5. The zero-order valence-corrected chi connectivity index (χ0v) is 23.7. The lowest BCUT2D eigenvalue weighted by atomic mass is 9.77. The molecule has 13 heteroatoms. The van der Waals surface area contributed by atoms with Gasteiger partial charge in [0.2, 0.25) is 0 Å². The minimum absolute atomic E-state index is 0.0578. The fourth-order valence-corrected chi connectivity index (χ4v) is 6.24. The second-order valence-electron chi connectivity index (χ2n) is 11.5. The van der Waals surface area contributed by atoms with Crippen LogP contribution >= 0.6 is 0 Å². The molecule has 218 valence electrons. The Labute approximate surface area is 235 Å². The van der Waals surface area contributed by atoms with E-state index in [4.69, 9.17) is 9.47 Å². The van der Waals surface area contributed by atoms with E-state index in [-0.39, 0.29) is 23.7 Å². The minimum Gasteiger partial charge on any atom is -0.386 e. The normalized spacial score (nSPS) is 22.7. The lowest BCUT2D eigenvalue weighted by molar-refractivity contribution is -0.198. The second-order valence-corrected chi connectivity index (χ2v) is 11.5. The fraction of sp³-hybridized carbons (Fsp3) is 0.536. The molecule has 0 bridgehead atoms. The smallest absolute Gasteiger partial charge is 0.332 e. The molecule has 5 heterocycles. The third kappa shape index (κ3) is 4.48. The van der Waals surface area contributed by atoms with Crippen molar-refractivity contribution in [3.8, 4) is 0 Å². The number of aromatic nitrogens is 6. The zero-order valence-electron chi connectivity index (χ0n) is 23.7. The molecule has 6 rings (SSSR count). The molecular formula is C28H35N7O6. The Balaban J connectivity index is 1.22. The van der Waals surface area contributed by atoms with Gasteiger partial charge in [0.15, 0.2) is 11.2 Å². The van der Waals surface area contributed by atoms with Gasteiger partial charge in [0, 0.05) is 52.8 Å². The molecule has 13 nitrogen and oxygen atoms in total. The lowest BCUT2D eigenvalue weighted by Gasteiger charge is -2.51. The van der Waals surface area contributed by atoms with Crippen LogP contribution in [0.3, 0.4) is 0 Å². The van der Waals surface area contributed by atoms with Crippen LogP contribution < -0.4 is 11.2 Å². The van der Waals surface area contributed by atoms with E-state index in [1.807, 2.05) is 27.7 Å². The maximum Gasteiger partial charge on any atom is 0.332 e. The van der Waals surface area contributed by atoms with Crippen molar-refractivity contribution in [2.45, 2.75) is 50.0 Å². The number of nitrogens with zero attached hydrogens (tertiary/aromatic N) is 7. The molecule has 2 saturated heterocycles. The van der Waals surface area contributed by atoms with Crippen LogP contribution in [0.15, 0.2) is 40.4 Å². The van der Waals surface area contributed by atoms with Gasteiger partial charge in [-0.2, -0.15) is 0 Å². The molecule has 2 aliphatic heterocycles. The Morgan fingerprint density at radius 1 is 1.15 bits per heavy atom. The van der Waals surface area contributed by atoms with E-state index in [0.717, 1.165) is 15.6 Å². The van der Waals surface area contributed by atoms with Gasteiger partial charge in [-0.05, 0) is 38.0 Å².